The molecule has 3 rings (SSSR count). The second kappa shape index (κ2) is 5.67. The van der Waals surface area contributed by atoms with E-state index in [0.29, 0.717) is 15.7 Å². The molecule has 0 spiro atoms. The Morgan fingerprint density at radius 3 is 3.00 bits per heavy atom. The number of anilines is 1. The van der Waals surface area contributed by atoms with Crippen molar-refractivity contribution in [2.24, 2.45) is 0 Å². The molecule has 7 heteroatoms. The molecule has 0 aliphatic heterocycles. The fourth-order valence-corrected chi connectivity index (χ4v) is 3.39. The van der Waals surface area contributed by atoms with Gasteiger partial charge < -0.3 is 5.32 Å². The number of amides is 1. The van der Waals surface area contributed by atoms with Crippen LogP contribution in [-0.2, 0) is 11.2 Å². The Hall–Kier alpha value is -1.56. The van der Waals surface area contributed by atoms with Crippen molar-refractivity contribution >= 4 is 51.1 Å². The number of nitrogens with zero attached hydrogens (tertiary/aromatic N) is 2. The van der Waals surface area contributed by atoms with Gasteiger partial charge in [-0.05, 0) is 25.1 Å². The molecule has 2 heterocycles. The third-order valence-corrected chi connectivity index (χ3v) is 4.39. The SMILES string of the molecule is Cc1cn2c(CC(=O)Nc3ccc(Cl)cc3Cl)csc2n1. The smallest absolute Gasteiger partial charge is 0.230 e. The normalized spacial score (nSPS) is 11.0. The number of carbonyl (C=O) groups is 1. The van der Waals surface area contributed by atoms with Gasteiger partial charge in [-0.15, -0.1) is 11.3 Å². The van der Waals surface area contributed by atoms with Gasteiger partial charge in [0.05, 0.1) is 22.8 Å². The van der Waals surface area contributed by atoms with Crippen molar-refractivity contribution in [3.8, 4) is 0 Å². The van der Waals surface area contributed by atoms with Crippen LogP contribution in [0.5, 0.6) is 0 Å². The lowest BCUT2D eigenvalue weighted by atomic mass is 10.2. The van der Waals surface area contributed by atoms with Gasteiger partial charge in [0.25, 0.3) is 0 Å². The van der Waals surface area contributed by atoms with E-state index < -0.39 is 0 Å². The van der Waals surface area contributed by atoms with Crippen LogP contribution >= 0.6 is 34.5 Å². The molecule has 108 valence electrons. The largest absolute Gasteiger partial charge is 0.324 e. The highest BCUT2D eigenvalue weighted by Crippen LogP contribution is 2.25. The van der Waals surface area contributed by atoms with Gasteiger partial charge in [-0.2, -0.15) is 0 Å². The number of benzene rings is 1. The predicted molar refractivity (Wildman–Crippen MR) is 86.6 cm³/mol. The van der Waals surface area contributed by atoms with Crippen LogP contribution in [0.1, 0.15) is 11.4 Å². The minimum absolute atomic E-state index is 0.134. The van der Waals surface area contributed by atoms with E-state index in [1.807, 2.05) is 22.9 Å². The number of aryl methyl sites for hydroxylation is 1. The van der Waals surface area contributed by atoms with Gasteiger partial charge in [-0.25, -0.2) is 4.98 Å². The molecular formula is C14H11Cl2N3OS. The number of imidazole rings is 1. The van der Waals surface area contributed by atoms with E-state index in [0.717, 1.165) is 16.3 Å². The molecule has 4 nitrogen and oxygen atoms in total. The maximum absolute atomic E-state index is 12.1. The Morgan fingerprint density at radius 2 is 2.24 bits per heavy atom. The molecule has 0 saturated heterocycles. The second-order valence-electron chi connectivity index (χ2n) is 4.61. The quantitative estimate of drug-likeness (QED) is 0.777. The van der Waals surface area contributed by atoms with Crippen LogP contribution in [0, 0.1) is 6.92 Å². The summed E-state index contributed by atoms with van der Waals surface area (Å²) in [5.41, 5.74) is 2.39. The first-order chi connectivity index (χ1) is 10.0. The van der Waals surface area contributed by atoms with Gasteiger partial charge in [0.1, 0.15) is 0 Å². The maximum Gasteiger partial charge on any atom is 0.230 e. The third-order valence-electron chi connectivity index (χ3n) is 2.95. The van der Waals surface area contributed by atoms with Crippen LogP contribution in [-0.4, -0.2) is 15.3 Å². The van der Waals surface area contributed by atoms with Crippen molar-refractivity contribution in [1.82, 2.24) is 9.38 Å². The first-order valence-electron chi connectivity index (χ1n) is 6.20. The van der Waals surface area contributed by atoms with Crippen LogP contribution in [0.4, 0.5) is 5.69 Å². The molecule has 21 heavy (non-hydrogen) atoms. The molecule has 0 aliphatic rings. The van der Waals surface area contributed by atoms with Crippen molar-refractivity contribution in [2.75, 3.05) is 5.32 Å². The molecule has 0 bridgehead atoms. The van der Waals surface area contributed by atoms with Gasteiger partial charge in [0.15, 0.2) is 4.96 Å². The summed E-state index contributed by atoms with van der Waals surface area (Å²) in [5, 5.41) is 5.68. The van der Waals surface area contributed by atoms with Gasteiger partial charge in [0.2, 0.25) is 5.91 Å². The Morgan fingerprint density at radius 1 is 1.43 bits per heavy atom. The molecule has 1 amide bonds. The Bertz CT molecular complexity index is 825. The fraction of sp³-hybridized carbons (Fsp3) is 0.143. The molecule has 0 fully saturated rings. The number of hydrogen-bond donors (Lipinski definition) is 1. The lowest BCUT2D eigenvalue weighted by molar-refractivity contribution is -0.115. The number of halogens is 2. The zero-order valence-corrected chi connectivity index (χ0v) is 13.4. The molecule has 0 radical (unpaired) electrons. The number of nitrogens with one attached hydrogen (secondary N) is 1. The number of rotatable bonds is 3. The summed E-state index contributed by atoms with van der Waals surface area (Å²) in [7, 11) is 0. The Kier molecular flexibility index (Phi) is 3.89. The highest BCUT2D eigenvalue weighted by Gasteiger charge is 2.12. The summed E-state index contributed by atoms with van der Waals surface area (Å²) in [6.45, 7) is 1.93. The van der Waals surface area contributed by atoms with Crippen molar-refractivity contribution in [2.45, 2.75) is 13.3 Å². The van der Waals surface area contributed by atoms with E-state index in [4.69, 9.17) is 23.2 Å². The average molecular weight is 340 g/mol. The third kappa shape index (κ3) is 3.05. The van der Waals surface area contributed by atoms with Crippen molar-refractivity contribution in [1.29, 1.82) is 0 Å². The maximum atomic E-state index is 12.1. The molecule has 0 atom stereocenters. The van der Waals surface area contributed by atoms with Gasteiger partial charge in [-0.1, -0.05) is 23.2 Å². The summed E-state index contributed by atoms with van der Waals surface area (Å²) in [6.07, 6.45) is 2.18. The van der Waals surface area contributed by atoms with Crippen LogP contribution < -0.4 is 5.32 Å². The fourth-order valence-electron chi connectivity index (χ4n) is 2.02. The van der Waals surface area contributed by atoms with Crippen LogP contribution in [0.3, 0.4) is 0 Å². The molecule has 1 aromatic carbocycles. The molecular weight excluding hydrogens is 329 g/mol. The average Bonchev–Trinajstić information content (AvgIpc) is 2.94. The minimum Gasteiger partial charge on any atom is -0.324 e. The van der Waals surface area contributed by atoms with Crippen molar-refractivity contribution in [3.05, 3.63) is 51.2 Å². The van der Waals surface area contributed by atoms with Crippen LogP contribution in [0.2, 0.25) is 10.0 Å². The molecule has 0 saturated carbocycles. The first kappa shape index (κ1) is 14.4. The number of fused-ring (bicyclic) bond motifs is 1. The Balaban J connectivity index is 1.77. The predicted octanol–water partition coefficient (Wildman–Crippen LogP) is 4.19. The number of aromatic nitrogens is 2. The van der Waals surface area contributed by atoms with E-state index in [-0.39, 0.29) is 12.3 Å². The highest BCUT2D eigenvalue weighted by molar-refractivity contribution is 7.15. The molecule has 0 aliphatic carbocycles. The summed E-state index contributed by atoms with van der Waals surface area (Å²) in [5.74, 6) is -0.134. The number of hydrogen-bond acceptors (Lipinski definition) is 3. The Labute approximate surface area is 135 Å². The molecule has 0 unspecified atom stereocenters. The highest BCUT2D eigenvalue weighted by atomic mass is 35.5. The minimum atomic E-state index is -0.134. The summed E-state index contributed by atoms with van der Waals surface area (Å²) < 4.78 is 1.93. The van der Waals surface area contributed by atoms with Crippen LogP contribution in [0.25, 0.3) is 4.96 Å². The van der Waals surface area contributed by atoms with E-state index in [1.54, 1.807) is 18.2 Å². The number of thiazole rings is 1. The van der Waals surface area contributed by atoms with E-state index >= 15 is 0 Å². The van der Waals surface area contributed by atoms with Gasteiger partial charge in [-0.3, -0.25) is 9.20 Å². The van der Waals surface area contributed by atoms with Crippen molar-refractivity contribution < 1.29 is 4.79 Å². The lowest BCUT2D eigenvalue weighted by Gasteiger charge is -2.07. The zero-order chi connectivity index (χ0) is 15.0. The van der Waals surface area contributed by atoms with Gasteiger partial charge >= 0.3 is 0 Å². The topological polar surface area (TPSA) is 46.4 Å². The van der Waals surface area contributed by atoms with Crippen LogP contribution in [0.15, 0.2) is 29.8 Å². The number of carbonyl (C=O) groups excluding carboxylic acids is 1. The summed E-state index contributed by atoms with van der Waals surface area (Å²) in [4.78, 5) is 17.4. The molecule has 2 aromatic heterocycles. The van der Waals surface area contributed by atoms with E-state index in [2.05, 4.69) is 10.3 Å². The van der Waals surface area contributed by atoms with Gasteiger partial charge in [0, 0.05) is 22.3 Å². The summed E-state index contributed by atoms with van der Waals surface area (Å²) >= 11 is 13.4. The monoisotopic (exact) mass is 339 g/mol. The second-order valence-corrected chi connectivity index (χ2v) is 6.29. The standard InChI is InChI=1S/C14H11Cl2N3OS/c1-8-6-19-10(7-21-14(19)17-8)5-13(20)18-12-3-2-9(15)4-11(12)16/h2-4,6-7H,5H2,1H3,(H,18,20). The van der Waals surface area contributed by atoms with E-state index in [1.165, 1.54) is 11.3 Å². The van der Waals surface area contributed by atoms with Crippen molar-refractivity contribution in [3.63, 3.8) is 0 Å². The molecule has 1 N–H and O–H groups in total. The van der Waals surface area contributed by atoms with E-state index in [9.17, 15) is 4.79 Å². The first-order valence-corrected chi connectivity index (χ1v) is 7.83. The molecule has 3 aromatic rings. The zero-order valence-electron chi connectivity index (χ0n) is 11.1. The lowest BCUT2D eigenvalue weighted by Crippen LogP contribution is -2.15. The summed E-state index contributed by atoms with van der Waals surface area (Å²) in [6, 6.07) is 4.97.